The molecule has 1 fully saturated rings. The first-order valence-electron chi connectivity index (χ1n) is 18.3. The Bertz CT molecular complexity index is 2340. The first-order chi connectivity index (χ1) is 27.7. The van der Waals surface area contributed by atoms with E-state index in [1.54, 1.807) is 66.8 Å². The van der Waals surface area contributed by atoms with Crippen molar-refractivity contribution in [1.82, 2.24) is 45.8 Å². The number of aromatic nitrogens is 5. The van der Waals surface area contributed by atoms with Crippen molar-refractivity contribution >= 4 is 24.0 Å². The van der Waals surface area contributed by atoms with E-state index >= 15 is 0 Å². The average Bonchev–Trinajstić information content (AvgIpc) is 4.09. The summed E-state index contributed by atoms with van der Waals surface area (Å²) in [4.78, 5) is 73.4. The molecule has 0 spiro atoms. The second-order valence-corrected chi connectivity index (χ2v) is 13.4. The van der Waals surface area contributed by atoms with Crippen LogP contribution in [0.2, 0.25) is 0 Å². The lowest BCUT2D eigenvalue weighted by molar-refractivity contribution is -0.134. The van der Waals surface area contributed by atoms with Gasteiger partial charge in [0.25, 0.3) is 5.91 Å². The highest BCUT2D eigenvalue weighted by atomic mass is 16.5. The molecule has 0 aliphatic carbocycles. The van der Waals surface area contributed by atoms with E-state index < -0.39 is 36.2 Å². The summed E-state index contributed by atoms with van der Waals surface area (Å²) in [7, 11) is 2.50. The minimum absolute atomic E-state index is 0.265. The van der Waals surface area contributed by atoms with E-state index in [2.05, 4.69) is 40.9 Å². The van der Waals surface area contributed by atoms with E-state index in [4.69, 9.17) is 13.9 Å². The molecule has 5 N–H and O–H groups in total. The summed E-state index contributed by atoms with van der Waals surface area (Å²) in [6.45, 7) is 2.29. The highest BCUT2D eigenvalue weighted by Gasteiger charge is 2.37. The van der Waals surface area contributed by atoms with Crippen molar-refractivity contribution in [2.24, 2.45) is 0 Å². The van der Waals surface area contributed by atoms with Gasteiger partial charge in [-0.05, 0) is 37.0 Å². The average molecular weight is 772 g/mol. The van der Waals surface area contributed by atoms with E-state index in [1.165, 1.54) is 14.2 Å². The first-order valence-corrected chi connectivity index (χ1v) is 18.3. The minimum Gasteiger partial charge on any atom is -0.453 e. The molecule has 292 valence electrons. The van der Waals surface area contributed by atoms with Gasteiger partial charge in [-0.3, -0.25) is 9.59 Å². The van der Waals surface area contributed by atoms with Crippen molar-refractivity contribution in [3.8, 4) is 34.2 Å². The van der Waals surface area contributed by atoms with Gasteiger partial charge in [-0.1, -0.05) is 78.9 Å². The van der Waals surface area contributed by atoms with Gasteiger partial charge in [-0.2, -0.15) is 0 Å². The molecule has 3 aromatic carbocycles. The summed E-state index contributed by atoms with van der Waals surface area (Å²) in [5.74, 6) is 1.25. The molecule has 0 radical (unpaired) electrons. The van der Waals surface area contributed by atoms with Gasteiger partial charge in [0.1, 0.15) is 29.4 Å². The molecule has 1 aliphatic rings. The van der Waals surface area contributed by atoms with Crippen molar-refractivity contribution in [3.05, 3.63) is 126 Å². The van der Waals surface area contributed by atoms with Crippen LogP contribution in [0.15, 0.2) is 108 Å². The van der Waals surface area contributed by atoms with Gasteiger partial charge in [0.2, 0.25) is 11.8 Å². The van der Waals surface area contributed by atoms with E-state index in [1.807, 2.05) is 48.5 Å². The van der Waals surface area contributed by atoms with Crippen LogP contribution >= 0.6 is 0 Å². The molecule has 4 heterocycles. The number of H-pyrrole nitrogens is 2. The molecule has 1 aliphatic heterocycles. The molecule has 6 aromatic rings. The normalized spacial score (nSPS) is 15.3. The molecule has 16 nitrogen and oxygen atoms in total. The third kappa shape index (κ3) is 8.54. The number of hydrogen-bond acceptors (Lipinski definition) is 10. The molecular formula is C41H41N9O7. The minimum atomic E-state index is -0.969. The number of imidazole rings is 2. The van der Waals surface area contributed by atoms with E-state index in [9.17, 15) is 19.2 Å². The van der Waals surface area contributed by atoms with Crippen LogP contribution in [0.25, 0.3) is 34.2 Å². The quantitative estimate of drug-likeness (QED) is 0.0957. The van der Waals surface area contributed by atoms with Crippen LogP contribution in [-0.4, -0.2) is 74.6 Å². The lowest BCUT2D eigenvalue weighted by Gasteiger charge is -2.28. The number of rotatable bonds is 12. The van der Waals surface area contributed by atoms with Gasteiger partial charge in [0.15, 0.2) is 5.76 Å². The van der Waals surface area contributed by atoms with Crippen LogP contribution in [-0.2, 0) is 19.1 Å². The number of alkyl carbamates (subject to hydrolysis) is 2. The summed E-state index contributed by atoms with van der Waals surface area (Å²) in [6.07, 6.45) is 4.96. The Balaban J connectivity index is 1.03. The predicted octanol–water partition coefficient (Wildman–Crippen LogP) is 6.16. The number of nitrogens with zero attached hydrogens (tertiary/aromatic N) is 4. The molecule has 1 saturated heterocycles. The molecule has 0 bridgehead atoms. The Morgan fingerprint density at radius 3 is 2.11 bits per heavy atom. The summed E-state index contributed by atoms with van der Waals surface area (Å²) in [6, 6.07) is 22.8. The molecule has 0 saturated carbocycles. The van der Waals surface area contributed by atoms with Crippen LogP contribution in [0.4, 0.5) is 9.59 Å². The zero-order valence-electron chi connectivity index (χ0n) is 31.4. The zero-order chi connectivity index (χ0) is 39.9. The number of benzene rings is 3. The number of carbonyl (C=O) groups is 4. The summed E-state index contributed by atoms with van der Waals surface area (Å²) in [5.41, 5.74) is 4.09. The monoisotopic (exact) mass is 771 g/mol. The fourth-order valence-electron chi connectivity index (χ4n) is 6.77. The van der Waals surface area contributed by atoms with Crippen molar-refractivity contribution in [2.75, 3.05) is 20.8 Å². The maximum atomic E-state index is 13.9. The zero-order valence-corrected chi connectivity index (χ0v) is 31.4. The lowest BCUT2D eigenvalue weighted by atomic mass is 10.1. The number of ether oxygens (including phenoxy) is 2. The van der Waals surface area contributed by atoms with Crippen LogP contribution in [0.1, 0.15) is 66.7 Å². The Kier molecular flexibility index (Phi) is 11.4. The Labute approximate surface area is 327 Å². The molecule has 4 amide bonds. The second kappa shape index (κ2) is 17.1. The number of carbonyl (C=O) groups excluding carboxylic acids is 4. The summed E-state index contributed by atoms with van der Waals surface area (Å²) < 4.78 is 15.7. The number of aromatic amines is 2. The van der Waals surface area contributed by atoms with Gasteiger partial charge in [-0.25, -0.2) is 24.5 Å². The molecule has 0 unspecified atom stereocenters. The van der Waals surface area contributed by atoms with Crippen LogP contribution in [0, 0.1) is 0 Å². The van der Waals surface area contributed by atoms with Crippen molar-refractivity contribution < 1.29 is 33.1 Å². The number of hydrogen-bond donors (Lipinski definition) is 5. The maximum absolute atomic E-state index is 13.9. The fraction of sp³-hybridized carbons (Fsp3) is 0.244. The Hall–Kier alpha value is -7.23. The topological polar surface area (TPSA) is 209 Å². The SMILES string of the molecule is COC(=O)N[C@@H](C(=O)N[C@@H](C)c1ncc(-c2cccc(-c3cnc(-c4cnc([C@H]5CCCN5C(=O)[C@H](NC(=O)OC)c5ccccc5)[nH]4)o3)c2)[nH]1)c1ccccc1. The second-order valence-electron chi connectivity index (χ2n) is 13.4. The van der Waals surface area contributed by atoms with Crippen molar-refractivity contribution in [1.29, 1.82) is 0 Å². The smallest absolute Gasteiger partial charge is 0.407 e. The van der Waals surface area contributed by atoms with Gasteiger partial charge in [0.05, 0.1) is 50.6 Å². The molecule has 3 aromatic heterocycles. The maximum Gasteiger partial charge on any atom is 0.407 e. The van der Waals surface area contributed by atoms with Crippen molar-refractivity contribution in [2.45, 2.75) is 43.9 Å². The van der Waals surface area contributed by atoms with Gasteiger partial charge < -0.3 is 44.7 Å². The Morgan fingerprint density at radius 2 is 1.40 bits per heavy atom. The fourth-order valence-corrected chi connectivity index (χ4v) is 6.77. The standard InChI is InChI=1S/C41H41N9O7/c1-24(45-37(51)33(48-40(53)55-2)25-12-6-4-7-13-25)35-42-21-29(46-35)27-16-10-17-28(20-27)32-23-44-38(57-32)30-22-43-36(47-30)31-18-11-19-50(31)39(52)34(49-41(54)56-3)26-14-8-5-9-15-26/h4-10,12-17,20-24,31,33-34H,11,18-19H2,1-3H3,(H,42,46)(H,43,47)(H,45,51)(H,48,53)(H,49,54)/t24-,31+,33+,34+/m0/s1. The van der Waals surface area contributed by atoms with Gasteiger partial charge in [0, 0.05) is 17.7 Å². The van der Waals surface area contributed by atoms with E-state index in [0.717, 1.165) is 17.5 Å². The Morgan fingerprint density at radius 1 is 0.754 bits per heavy atom. The summed E-state index contributed by atoms with van der Waals surface area (Å²) >= 11 is 0. The van der Waals surface area contributed by atoms with Crippen LogP contribution < -0.4 is 16.0 Å². The van der Waals surface area contributed by atoms with E-state index in [0.29, 0.717) is 58.8 Å². The molecule has 4 atom stereocenters. The molecule has 7 rings (SSSR count). The molecule has 57 heavy (non-hydrogen) atoms. The van der Waals surface area contributed by atoms with Gasteiger partial charge in [-0.15, -0.1) is 0 Å². The third-order valence-electron chi connectivity index (χ3n) is 9.68. The van der Waals surface area contributed by atoms with Crippen molar-refractivity contribution in [3.63, 3.8) is 0 Å². The molecule has 16 heteroatoms. The van der Waals surface area contributed by atoms with E-state index in [-0.39, 0.29) is 11.9 Å². The number of oxazole rings is 1. The molecular weight excluding hydrogens is 731 g/mol. The van der Waals surface area contributed by atoms with Gasteiger partial charge >= 0.3 is 12.2 Å². The highest BCUT2D eigenvalue weighted by molar-refractivity contribution is 5.88. The van der Waals surface area contributed by atoms with Crippen LogP contribution in [0.5, 0.6) is 0 Å². The summed E-state index contributed by atoms with van der Waals surface area (Å²) in [5, 5.41) is 8.19. The lowest BCUT2D eigenvalue weighted by Crippen LogP contribution is -2.42. The first kappa shape index (κ1) is 38.1. The number of likely N-dealkylation sites (tertiary alicyclic amines) is 1. The van der Waals surface area contributed by atoms with Crippen LogP contribution in [0.3, 0.4) is 0 Å². The number of methoxy groups -OCH3 is 2. The highest BCUT2D eigenvalue weighted by Crippen LogP contribution is 2.35. The largest absolute Gasteiger partial charge is 0.453 e. The third-order valence-corrected chi connectivity index (χ3v) is 9.68. The predicted molar refractivity (Wildman–Crippen MR) is 207 cm³/mol. The number of amides is 4. The number of nitrogens with one attached hydrogen (secondary N) is 5.